The smallest absolute Gasteiger partial charge is 0.120 e. The van der Waals surface area contributed by atoms with Gasteiger partial charge in [-0.15, -0.1) is 0 Å². The van der Waals surface area contributed by atoms with E-state index in [1.54, 1.807) is 12.5 Å². The van der Waals surface area contributed by atoms with Crippen LogP contribution in [0.5, 0.6) is 5.75 Å². The predicted molar refractivity (Wildman–Crippen MR) is 82.0 cm³/mol. The third-order valence-corrected chi connectivity index (χ3v) is 3.37. The molecule has 3 aromatic rings. The highest BCUT2D eigenvalue weighted by atomic mass is 16.5. The van der Waals surface area contributed by atoms with Crippen molar-refractivity contribution in [3.8, 4) is 5.75 Å². The van der Waals surface area contributed by atoms with Crippen LogP contribution in [-0.2, 0) is 6.61 Å². The minimum atomic E-state index is -0.205. The highest BCUT2D eigenvalue weighted by Crippen LogP contribution is 2.24. The molecule has 0 aliphatic heterocycles. The van der Waals surface area contributed by atoms with Crippen molar-refractivity contribution in [2.75, 3.05) is 0 Å². The van der Waals surface area contributed by atoms with Crippen molar-refractivity contribution in [1.82, 2.24) is 0 Å². The van der Waals surface area contributed by atoms with Crippen LogP contribution in [0.25, 0.3) is 0 Å². The molecule has 1 heterocycles. The molecule has 1 aromatic heterocycles. The summed E-state index contributed by atoms with van der Waals surface area (Å²) in [4.78, 5) is 0. The van der Waals surface area contributed by atoms with Crippen LogP contribution < -0.4 is 10.5 Å². The highest BCUT2D eigenvalue weighted by molar-refractivity contribution is 5.35. The van der Waals surface area contributed by atoms with Gasteiger partial charge in [-0.1, -0.05) is 42.5 Å². The fourth-order valence-electron chi connectivity index (χ4n) is 2.18. The first-order chi connectivity index (χ1) is 10.3. The van der Waals surface area contributed by atoms with Crippen LogP contribution in [0.3, 0.4) is 0 Å². The van der Waals surface area contributed by atoms with E-state index in [-0.39, 0.29) is 6.04 Å². The van der Waals surface area contributed by atoms with Crippen molar-refractivity contribution in [2.24, 2.45) is 5.73 Å². The van der Waals surface area contributed by atoms with Crippen LogP contribution in [0.2, 0.25) is 0 Å². The van der Waals surface area contributed by atoms with Gasteiger partial charge in [0.15, 0.2) is 0 Å². The molecule has 0 saturated heterocycles. The molecular weight excluding hydrogens is 262 g/mol. The lowest BCUT2D eigenvalue weighted by Gasteiger charge is -2.12. The number of furan rings is 1. The van der Waals surface area contributed by atoms with E-state index in [0.29, 0.717) is 6.61 Å². The molecule has 1 atom stereocenters. The molecule has 2 N–H and O–H groups in total. The van der Waals surface area contributed by atoms with Gasteiger partial charge in [-0.05, 0) is 29.3 Å². The molecule has 0 bridgehead atoms. The minimum absolute atomic E-state index is 0.205. The summed E-state index contributed by atoms with van der Waals surface area (Å²) in [6, 6.07) is 19.6. The first-order valence-electron chi connectivity index (χ1n) is 6.87. The third-order valence-electron chi connectivity index (χ3n) is 3.37. The van der Waals surface area contributed by atoms with E-state index >= 15 is 0 Å². The van der Waals surface area contributed by atoms with Crippen molar-refractivity contribution >= 4 is 0 Å². The van der Waals surface area contributed by atoms with E-state index in [9.17, 15) is 0 Å². The van der Waals surface area contributed by atoms with E-state index in [1.807, 2.05) is 60.7 Å². The summed E-state index contributed by atoms with van der Waals surface area (Å²) in [5.41, 5.74) is 9.32. The molecule has 0 aliphatic carbocycles. The maximum Gasteiger partial charge on any atom is 0.120 e. The van der Waals surface area contributed by atoms with Crippen LogP contribution >= 0.6 is 0 Å². The van der Waals surface area contributed by atoms with E-state index < -0.39 is 0 Å². The van der Waals surface area contributed by atoms with Gasteiger partial charge in [0.25, 0.3) is 0 Å². The largest absolute Gasteiger partial charge is 0.489 e. The maximum absolute atomic E-state index is 6.22. The zero-order valence-electron chi connectivity index (χ0n) is 11.6. The quantitative estimate of drug-likeness (QED) is 0.770. The number of benzene rings is 2. The molecule has 0 amide bonds. The van der Waals surface area contributed by atoms with Crippen molar-refractivity contribution in [2.45, 2.75) is 12.6 Å². The van der Waals surface area contributed by atoms with Crippen LogP contribution in [-0.4, -0.2) is 0 Å². The Labute approximate surface area is 124 Å². The number of hydrogen-bond donors (Lipinski definition) is 1. The van der Waals surface area contributed by atoms with Gasteiger partial charge in [-0.3, -0.25) is 0 Å². The van der Waals surface area contributed by atoms with Gasteiger partial charge in [0.1, 0.15) is 12.4 Å². The van der Waals surface area contributed by atoms with Gasteiger partial charge in [0.2, 0.25) is 0 Å². The Balaban J connectivity index is 1.71. The van der Waals surface area contributed by atoms with E-state index in [1.165, 1.54) is 0 Å². The predicted octanol–water partition coefficient (Wildman–Crippen LogP) is 3.91. The summed E-state index contributed by atoms with van der Waals surface area (Å²) in [7, 11) is 0. The van der Waals surface area contributed by atoms with Gasteiger partial charge >= 0.3 is 0 Å². The van der Waals surface area contributed by atoms with Gasteiger partial charge < -0.3 is 14.9 Å². The molecule has 0 spiro atoms. The molecule has 2 aromatic carbocycles. The average molecular weight is 279 g/mol. The van der Waals surface area contributed by atoms with Crippen LogP contribution in [0.15, 0.2) is 77.6 Å². The van der Waals surface area contributed by atoms with Crippen LogP contribution in [0, 0.1) is 0 Å². The fraction of sp³-hybridized carbons (Fsp3) is 0.111. The van der Waals surface area contributed by atoms with Crippen LogP contribution in [0.4, 0.5) is 0 Å². The standard InChI is InChI=1S/C18H17NO2/c19-18(16-9-10-20-13-16)15-7-4-8-17(11-15)21-12-14-5-2-1-3-6-14/h1-11,13,18H,12,19H2. The lowest BCUT2D eigenvalue weighted by atomic mass is 10.0. The molecule has 21 heavy (non-hydrogen) atoms. The Morgan fingerprint density at radius 2 is 1.81 bits per heavy atom. The molecule has 106 valence electrons. The summed E-state index contributed by atoms with van der Waals surface area (Å²) in [6.07, 6.45) is 3.30. The molecule has 0 fully saturated rings. The van der Waals surface area contributed by atoms with Crippen molar-refractivity contribution in [1.29, 1.82) is 0 Å². The molecule has 3 rings (SSSR count). The van der Waals surface area contributed by atoms with E-state index in [0.717, 1.165) is 22.4 Å². The summed E-state index contributed by atoms with van der Waals surface area (Å²) < 4.78 is 10.9. The van der Waals surface area contributed by atoms with Gasteiger partial charge in [-0.25, -0.2) is 0 Å². The lowest BCUT2D eigenvalue weighted by molar-refractivity contribution is 0.306. The second-order valence-corrected chi connectivity index (χ2v) is 4.88. The SMILES string of the molecule is NC(c1ccoc1)c1cccc(OCc2ccccc2)c1. The average Bonchev–Trinajstić information content (AvgIpc) is 3.08. The second-order valence-electron chi connectivity index (χ2n) is 4.88. The van der Waals surface area contributed by atoms with E-state index in [2.05, 4.69) is 0 Å². The lowest BCUT2D eigenvalue weighted by Crippen LogP contribution is -2.10. The number of rotatable bonds is 5. The van der Waals surface area contributed by atoms with Crippen molar-refractivity contribution < 1.29 is 9.15 Å². The Kier molecular flexibility index (Phi) is 4.03. The normalized spacial score (nSPS) is 12.0. The zero-order chi connectivity index (χ0) is 14.5. The van der Waals surface area contributed by atoms with Crippen molar-refractivity contribution in [3.05, 3.63) is 89.9 Å². The molecule has 3 heteroatoms. The van der Waals surface area contributed by atoms with Crippen LogP contribution in [0.1, 0.15) is 22.7 Å². The molecular formula is C18H17NO2. The maximum atomic E-state index is 6.22. The van der Waals surface area contributed by atoms with Gasteiger partial charge in [-0.2, -0.15) is 0 Å². The summed E-state index contributed by atoms with van der Waals surface area (Å²) in [6.45, 7) is 0.547. The Morgan fingerprint density at radius 1 is 0.952 bits per heavy atom. The minimum Gasteiger partial charge on any atom is -0.489 e. The van der Waals surface area contributed by atoms with Gasteiger partial charge in [0, 0.05) is 5.56 Å². The first-order valence-corrected chi connectivity index (χ1v) is 6.87. The number of ether oxygens (including phenoxy) is 1. The molecule has 0 aliphatic rings. The first kappa shape index (κ1) is 13.5. The fourth-order valence-corrected chi connectivity index (χ4v) is 2.18. The Morgan fingerprint density at radius 3 is 2.57 bits per heavy atom. The molecule has 0 saturated carbocycles. The second kappa shape index (κ2) is 6.29. The number of nitrogens with two attached hydrogens (primary N) is 1. The third kappa shape index (κ3) is 3.33. The van der Waals surface area contributed by atoms with Crippen molar-refractivity contribution in [3.63, 3.8) is 0 Å². The monoisotopic (exact) mass is 279 g/mol. The topological polar surface area (TPSA) is 48.4 Å². The summed E-state index contributed by atoms with van der Waals surface area (Å²) in [5, 5.41) is 0. The Hall–Kier alpha value is -2.52. The molecule has 3 nitrogen and oxygen atoms in total. The van der Waals surface area contributed by atoms with E-state index in [4.69, 9.17) is 14.9 Å². The highest BCUT2D eigenvalue weighted by Gasteiger charge is 2.10. The molecule has 1 unspecified atom stereocenters. The number of hydrogen-bond acceptors (Lipinski definition) is 3. The Bertz CT molecular complexity index is 677. The molecule has 0 radical (unpaired) electrons. The summed E-state index contributed by atoms with van der Waals surface area (Å²) in [5.74, 6) is 0.815. The summed E-state index contributed by atoms with van der Waals surface area (Å²) >= 11 is 0. The zero-order valence-corrected chi connectivity index (χ0v) is 11.6. The van der Waals surface area contributed by atoms with Gasteiger partial charge in [0.05, 0.1) is 18.6 Å².